The lowest BCUT2D eigenvalue weighted by Crippen LogP contribution is -1.92. The van der Waals surface area contributed by atoms with Crippen LogP contribution in [0.4, 0.5) is 4.39 Å². The Hall–Kier alpha value is -1.08. The van der Waals surface area contributed by atoms with Gasteiger partial charge in [0.05, 0.1) is 16.5 Å². The topological polar surface area (TPSA) is 44.0 Å². The molecule has 0 radical (unpaired) electrons. The fraction of sp³-hybridized carbons (Fsp3) is 0.222. The predicted molar refractivity (Wildman–Crippen MR) is 49.8 cm³/mol. The van der Waals surface area contributed by atoms with Crippen molar-refractivity contribution >= 4 is 15.9 Å². The molecule has 0 heterocycles. The average Bonchev–Trinajstić information content (AvgIpc) is 2.13. The summed E-state index contributed by atoms with van der Waals surface area (Å²) in [6.07, 6.45) is 0. The number of phenolic OH excluding ortho intramolecular Hbond substituents is 1. The largest absolute Gasteiger partial charge is 0.505 e. The Morgan fingerprint density at radius 3 is 2.77 bits per heavy atom. The molecule has 0 saturated carbocycles. The smallest absolute Gasteiger partial charge is 0.179 e. The zero-order valence-corrected chi connectivity index (χ0v) is 8.47. The number of nitriles is 1. The number of nitrogens with zero attached hydrogens (tertiary/aromatic N) is 1. The van der Waals surface area contributed by atoms with Gasteiger partial charge in [0.2, 0.25) is 0 Å². The average molecular weight is 244 g/mol. The van der Waals surface area contributed by atoms with Gasteiger partial charge < -0.3 is 5.11 Å². The third-order valence-corrected chi connectivity index (χ3v) is 2.37. The predicted octanol–water partition coefficient (Wildman–Crippen LogP) is 2.92. The second kappa shape index (κ2) is 3.75. The van der Waals surface area contributed by atoms with Crippen molar-refractivity contribution in [2.75, 3.05) is 0 Å². The molecule has 4 heteroatoms. The highest BCUT2D eigenvalue weighted by molar-refractivity contribution is 9.10. The summed E-state index contributed by atoms with van der Waals surface area (Å²) in [6, 6.07) is 4.92. The Morgan fingerprint density at radius 1 is 1.62 bits per heavy atom. The summed E-state index contributed by atoms with van der Waals surface area (Å²) in [4.78, 5) is 0. The van der Waals surface area contributed by atoms with Gasteiger partial charge in [0, 0.05) is 5.56 Å². The molecule has 0 spiro atoms. The van der Waals surface area contributed by atoms with Crippen molar-refractivity contribution < 1.29 is 9.50 Å². The van der Waals surface area contributed by atoms with E-state index in [0.717, 1.165) is 0 Å². The molecular weight excluding hydrogens is 237 g/mol. The van der Waals surface area contributed by atoms with Gasteiger partial charge in [-0.25, -0.2) is 4.39 Å². The van der Waals surface area contributed by atoms with Gasteiger partial charge in [0.1, 0.15) is 0 Å². The van der Waals surface area contributed by atoms with Crippen LogP contribution < -0.4 is 0 Å². The van der Waals surface area contributed by atoms with Crippen LogP contribution in [0.15, 0.2) is 16.6 Å². The molecule has 0 saturated heterocycles. The van der Waals surface area contributed by atoms with Crippen LogP contribution in [0, 0.1) is 17.1 Å². The molecular formula is C9H7BrFNO. The second-order valence-corrected chi connectivity index (χ2v) is 3.50. The summed E-state index contributed by atoms with van der Waals surface area (Å²) in [5.41, 5.74) is 0.309. The molecule has 1 rings (SSSR count). The fourth-order valence-corrected chi connectivity index (χ4v) is 1.29. The molecule has 1 aromatic carbocycles. The van der Waals surface area contributed by atoms with E-state index in [2.05, 4.69) is 15.9 Å². The SMILES string of the molecule is CC(C#N)c1ccc(Br)c(F)c1O. The minimum Gasteiger partial charge on any atom is -0.505 e. The minimum atomic E-state index is -0.723. The van der Waals surface area contributed by atoms with Crippen LogP contribution in [-0.2, 0) is 0 Å². The quantitative estimate of drug-likeness (QED) is 0.825. The first-order chi connectivity index (χ1) is 6.07. The van der Waals surface area contributed by atoms with Crippen LogP contribution in [0.2, 0.25) is 0 Å². The maximum Gasteiger partial charge on any atom is 0.179 e. The van der Waals surface area contributed by atoms with E-state index < -0.39 is 17.5 Å². The first-order valence-corrected chi connectivity index (χ1v) is 4.43. The van der Waals surface area contributed by atoms with Crippen LogP contribution in [0.3, 0.4) is 0 Å². The van der Waals surface area contributed by atoms with Gasteiger partial charge in [-0.05, 0) is 28.9 Å². The lowest BCUT2D eigenvalue weighted by atomic mass is 10.0. The molecule has 68 valence electrons. The molecule has 0 fully saturated rings. The summed E-state index contributed by atoms with van der Waals surface area (Å²) in [5.74, 6) is -1.69. The van der Waals surface area contributed by atoms with E-state index in [-0.39, 0.29) is 4.47 Å². The number of hydrogen-bond donors (Lipinski definition) is 1. The van der Waals surface area contributed by atoms with Gasteiger partial charge in [0.25, 0.3) is 0 Å². The van der Waals surface area contributed by atoms with Crippen molar-refractivity contribution in [1.29, 1.82) is 5.26 Å². The molecule has 0 aliphatic heterocycles. The third kappa shape index (κ3) is 1.81. The van der Waals surface area contributed by atoms with Crippen LogP contribution in [0.25, 0.3) is 0 Å². The summed E-state index contributed by atoms with van der Waals surface area (Å²) >= 11 is 2.93. The minimum absolute atomic E-state index is 0.193. The Bertz CT molecular complexity index is 373. The van der Waals surface area contributed by atoms with Crippen molar-refractivity contribution in [2.24, 2.45) is 0 Å². The molecule has 0 aliphatic carbocycles. The van der Waals surface area contributed by atoms with E-state index in [1.54, 1.807) is 6.92 Å². The molecule has 0 bridgehead atoms. The number of benzene rings is 1. The van der Waals surface area contributed by atoms with Gasteiger partial charge in [0.15, 0.2) is 11.6 Å². The van der Waals surface area contributed by atoms with Gasteiger partial charge >= 0.3 is 0 Å². The van der Waals surface area contributed by atoms with Crippen molar-refractivity contribution in [1.82, 2.24) is 0 Å². The number of aromatic hydroxyl groups is 1. The standard InChI is InChI=1S/C9H7BrFNO/c1-5(4-12)6-2-3-7(10)8(11)9(6)13/h2-3,5,13H,1H3. The Labute approximate surface area is 83.7 Å². The second-order valence-electron chi connectivity index (χ2n) is 2.65. The third-order valence-electron chi connectivity index (χ3n) is 1.76. The van der Waals surface area contributed by atoms with E-state index in [1.165, 1.54) is 12.1 Å². The molecule has 1 unspecified atom stereocenters. The Kier molecular flexibility index (Phi) is 2.89. The molecule has 0 amide bonds. The van der Waals surface area contributed by atoms with Crippen LogP contribution in [0.5, 0.6) is 5.75 Å². The molecule has 13 heavy (non-hydrogen) atoms. The maximum atomic E-state index is 13.1. The van der Waals surface area contributed by atoms with Gasteiger partial charge in [-0.2, -0.15) is 5.26 Å². The van der Waals surface area contributed by atoms with Gasteiger partial charge in [-0.3, -0.25) is 0 Å². The molecule has 1 aromatic rings. The summed E-state index contributed by atoms with van der Waals surface area (Å²) in [5, 5.41) is 17.9. The number of rotatable bonds is 1. The number of hydrogen-bond acceptors (Lipinski definition) is 2. The maximum absolute atomic E-state index is 13.1. The number of halogens is 2. The fourth-order valence-electron chi connectivity index (χ4n) is 0.974. The monoisotopic (exact) mass is 243 g/mol. The zero-order chi connectivity index (χ0) is 10.0. The van der Waals surface area contributed by atoms with E-state index in [0.29, 0.717) is 5.56 Å². The Balaban J connectivity index is 3.28. The van der Waals surface area contributed by atoms with E-state index in [4.69, 9.17) is 5.26 Å². The van der Waals surface area contributed by atoms with Crippen LogP contribution >= 0.6 is 15.9 Å². The van der Waals surface area contributed by atoms with E-state index in [9.17, 15) is 9.50 Å². The van der Waals surface area contributed by atoms with Crippen molar-refractivity contribution in [3.8, 4) is 11.8 Å². The van der Waals surface area contributed by atoms with E-state index >= 15 is 0 Å². The summed E-state index contributed by atoms with van der Waals surface area (Å²) in [6.45, 7) is 1.60. The highest BCUT2D eigenvalue weighted by atomic mass is 79.9. The molecule has 0 aliphatic rings. The lowest BCUT2D eigenvalue weighted by Gasteiger charge is -2.07. The molecule has 1 atom stereocenters. The van der Waals surface area contributed by atoms with Crippen molar-refractivity contribution in [2.45, 2.75) is 12.8 Å². The van der Waals surface area contributed by atoms with Gasteiger partial charge in [-0.1, -0.05) is 6.07 Å². The number of phenols is 1. The van der Waals surface area contributed by atoms with Gasteiger partial charge in [-0.15, -0.1) is 0 Å². The van der Waals surface area contributed by atoms with Crippen molar-refractivity contribution in [3.05, 3.63) is 28.0 Å². The van der Waals surface area contributed by atoms with Crippen molar-refractivity contribution in [3.63, 3.8) is 0 Å². The molecule has 1 N–H and O–H groups in total. The first-order valence-electron chi connectivity index (χ1n) is 3.64. The van der Waals surface area contributed by atoms with Crippen LogP contribution in [-0.4, -0.2) is 5.11 Å². The normalized spacial score (nSPS) is 12.2. The lowest BCUT2D eigenvalue weighted by molar-refractivity contribution is 0.423. The highest BCUT2D eigenvalue weighted by Gasteiger charge is 2.15. The first kappa shape index (κ1) is 10.0. The van der Waals surface area contributed by atoms with Crippen LogP contribution in [0.1, 0.15) is 18.4 Å². The zero-order valence-electron chi connectivity index (χ0n) is 6.88. The van der Waals surface area contributed by atoms with E-state index in [1.807, 2.05) is 6.07 Å². The molecule has 2 nitrogen and oxygen atoms in total. The highest BCUT2D eigenvalue weighted by Crippen LogP contribution is 2.32. The summed E-state index contributed by atoms with van der Waals surface area (Å²) in [7, 11) is 0. The Morgan fingerprint density at radius 2 is 2.23 bits per heavy atom. The summed E-state index contributed by atoms with van der Waals surface area (Å²) < 4.78 is 13.3. The molecule has 0 aromatic heterocycles.